The third-order valence-corrected chi connectivity index (χ3v) is 5.06. The van der Waals surface area contributed by atoms with E-state index in [0.29, 0.717) is 12.1 Å². The maximum absolute atomic E-state index is 12.9. The lowest BCUT2D eigenvalue weighted by atomic mass is 10.1. The van der Waals surface area contributed by atoms with Crippen LogP contribution in [0.3, 0.4) is 0 Å². The van der Waals surface area contributed by atoms with Gasteiger partial charge in [-0.2, -0.15) is 13.2 Å². The number of hydrogen-bond donors (Lipinski definition) is 0. The van der Waals surface area contributed by atoms with E-state index >= 15 is 0 Å². The first kappa shape index (κ1) is 26.3. The van der Waals surface area contributed by atoms with Crippen molar-refractivity contribution in [3.63, 3.8) is 0 Å². The Hall–Kier alpha value is -3.34. The molecule has 0 saturated heterocycles. The third-order valence-electron chi connectivity index (χ3n) is 4.50. The van der Waals surface area contributed by atoms with Gasteiger partial charge >= 0.3 is 12.1 Å². The van der Waals surface area contributed by atoms with Crippen LogP contribution in [0, 0.1) is 10.1 Å². The number of nitro groups is 1. The van der Waals surface area contributed by atoms with Crippen LogP contribution >= 0.6 is 23.2 Å². The molecule has 0 atom stereocenters. The van der Waals surface area contributed by atoms with Gasteiger partial charge in [0.1, 0.15) is 17.9 Å². The van der Waals surface area contributed by atoms with Crippen molar-refractivity contribution < 1.29 is 37.1 Å². The summed E-state index contributed by atoms with van der Waals surface area (Å²) >= 11 is 11.8. The minimum absolute atomic E-state index is 0.0430. The topological polar surface area (TPSA) is 87.9 Å². The highest BCUT2D eigenvalue weighted by molar-refractivity contribution is 6.37. The Kier molecular flexibility index (Phi) is 8.55. The highest BCUT2D eigenvalue weighted by Gasteiger charge is 2.32. The predicted octanol–water partition coefficient (Wildman–Crippen LogP) is 7.09. The Balaban J connectivity index is 1.71. The first-order valence-corrected chi connectivity index (χ1v) is 10.6. The molecule has 0 unspecified atom stereocenters. The van der Waals surface area contributed by atoms with Crippen LogP contribution in [0.25, 0.3) is 0 Å². The van der Waals surface area contributed by atoms with Crippen LogP contribution in [0.4, 0.5) is 18.9 Å². The first-order valence-electron chi connectivity index (χ1n) is 9.87. The van der Waals surface area contributed by atoms with E-state index in [-0.39, 0.29) is 31.3 Å². The molecule has 184 valence electrons. The molecule has 0 aliphatic rings. The van der Waals surface area contributed by atoms with Crippen molar-refractivity contribution in [3.8, 4) is 11.5 Å². The minimum Gasteiger partial charge on any atom is -0.459 e. The summed E-state index contributed by atoms with van der Waals surface area (Å²) in [5, 5.41) is 10.5. The minimum atomic E-state index is -4.68. The van der Waals surface area contributed by atoms with E-state index in [1.54, 1.807) is 0 Å². The molecule has 3 rings (SSSR count). The summed E-state index contributed by atoms with van der Waals surface area (Å²) in [6.45, 7) is 0.155. The van der Waals surface area contributed by atoms with E-state index < -0.39 is 43.9 Å². The van der Waals surface area contributed by atoms with E-state index in [2.05, 4.69) is 0 Å². The molecule has 0 spiro atoms. The molecule has 0 aromatic heterocycles. The fraction of sp³-hybridized carbons (Fsp3) is 0.174. The number of carbonyl (C=O) groups excluding carboxylic acids is 1. The SMILES string of the molecule is O=C(OCCOCc1ccccc1)c1cc(Oc2c(Cl)cc(C(F)(F)F)cc2Cl)ccc1[N+](=O)[O-]. The Bertz CT molecular complexity index is 1200. The number of ether oxygens (including phenoxy) is 3. The number of benzene rings is 3. The standard InChI is InChI=1S/C23H16Cl2F3NO6/c24-18-10-15(23(26,27)28)11-19(25)21(18)35-16-6-7-20(29(31)32)17(12-16)22(30)34-9-8-33-13-14-4-2-1-3-5-14/h1-7,10-12H,8-9,13H2. The molecule has 0 aliphatic carbocycles. The summed E-state index contributed by atoms with van der Waals surface area (Å²) in [4.78, 5) is 23.0. The van der Waals surface area contributed by atoms with Gasteiger partial charge in [-0.25, -0.2) is 4.79 Å². The Morgan fingerprint density at radius 3 is 2.23 bits per heavy atom. The van der Waals surface area contributed by atoms with E-state index in [0.717, 1.165) is 23.8 Å². The zero-order valence-corrected chi connectivity index (χ0v) is 19.2. The van der Waals surface area contributed by atoms with Crippen LogP contribution < -0.4 is 4.74 Å². The van der Waals surface area contributed by atoms with Gasteiger partial charge in [0, 0.05) is 12.1 Å². The number of carbonyl (C=O) groups is 1. The number of alkyl halides is 3. The van der Waals surface area contributed by atoms with Crippen molar-refractivity contribution in [3.05, 3.63) is 97.5 Å². The lowest BCUT2D eigenvalue weighted by Crippen LogP contribution is -2.12. The number of esters is 1. The van der Waals surface area contributed by atoms with Crippen molar-refractivity contribution in [2.45, 2.75) is 12.8 Å². The van der Waals surface area contributed by atoms with Crippen molar-refractivity contribution in [2.24, 2.45) is 0 Å². The number of rotatable bonds is 9. The van der Waals surface area contributed by atoms with Gasteiger partial charge in [0.15, 0.2) is 5.75 Å². The maximum atomic E-state index is 12.9. The number of nitrogens with zero attached hydrogens (tertiary/aromatic N) is 1. The molecule has 35 heavy (non-hydrogen) atoms. The zero-order chi connectivity index (χ0) is 25.6. The quantitative estimate of drug-likeness (QED) is 0.127. The van der Waals surface area contributed by atoms with Gasteiger partial charge in [-0.15, -0.1) is 0 Å². The second-order valence-corrected chi connectivity index (χ2v) is 7.79. The monoisotopic (exact) mass is 529 g/mol. The molecule has 0 bridgehead atoms. The van der Waals surface area contributed by atoms with Gasteiger partial charge in [0.25, 0.3) is 5.69 Å². The summed E-state index contributed by atoms with van der Waals surface area (Å²) in [5.41, 5.74) is -1.16. The Morgan fingerprint density at radius 2 is 1.63 bits per heavy atom. The summed E-state index contributed by atoms with van der Waals surface area (Å²) in [6, 6.07) is 13.6. The van der Waals surface area contributed by atoms with Crippen molar-refractivity contribution in [1.29, 1.82) is 0 Å². The molecule has 0 N–H and O–H groups in total. The normalized spacial score (nSPS) is 11.2. The molecule has 0 amide bonds. The molecular formula is C23H16Cl2F3NO6. The summed E-state index contributed by atoms with van der Waals surface area (Å²) < 4.78 is 54.7. The molecule has 0 heterocycles. The van der Waals surface area contributed by atoms with Gasteiger partial charge in [-0.3, -0.25) is 10.1 Å². The van der Waals surface area contributed by atoms with E-state index in [1.165, 1.54) is 0 Å². The second-order valence-electron chi connectivity index (χ2n) is 6.98. The van der Waals surface area contributed by atoms with Gasteiger partial charge < -0.3 is 14.2 Å². The fourth-order valence-electron chi connectivity index (χ4n) is 2.88. The maximum Gasteiger partial charge on any atom is 0.416 e. The molecule has 0 aliphatic heterocycles. The number of halogens is 5. The van der Waals surface area contributed by atoms with Gasteiger partial charge in [0.2, 0.25) is 0 Å². The van der Waals surface area contributed by atoms with Crippen LogP contribution in [0.5, 0.6) is 11.5 Å². The first-order chi connectivity index (χ1) is 16.6. The smallest absolute Gasteiger partial charge is 0.416 e. The molecule has 12 heteroatoms. The average Bonchev–Trinajstić information content (AvgIpc) is 2.80. The number of nitro benzene ring substituents is 1. The second kappa shape index (κ2) is 11.4. The van der Waals surface area contributed by atoms with Gasteiger partial charge in [-0.1, -0.05) is 53.5 Å². The predicted molar refractivity (Wildman–Crippen MR) is 121 cm³/mol. The highest BCUT2D eigenvalue weighted by Crippen LogP contribution is 2.42. The fourth-order valence-corrected chi connectivity index (χ4v) is 3.44. The third kappa shape index (κ3) is 7.08. The van der Waals surface area contributed by atoms with E-state index in [9.17, 15) is 28.1 Å². The van der Waals surface area contributed by atoms with Crippen molar-refractivity contribution in [1.82, 2.24) is 0 Å². The zero-order valence-electron chi connectivity index (χ0n) is 17.7. The number of hydrogen-bond acceptors (Lipinski definition) is 6. The van der Waals surface area contributed by atoms with Crippen molar-refractivity contribution in [2.75, 3.05) is 13.2 Å². The lowest BCUT2D eigenvalue weighted by Gasteiger charge is -2.14. The molecule has 7 nitrogen and oxygen atoms in total. The van der Waals surface area contributed by atoms with Crippen LogP contribution in [0.2, 0.25) is 10.0 Å². The summed E-state index contributed by atoms with van der Waals surface area (Å²) in [6.07, 6.45) is -4.68. The average molecular weight is 530 g/mol. The molecule has 0 fully saturated rings. The van der Waals surface area contributed by atoms with Gasteiger partial charge in [0.05, 0.1) is 33.7 Å². The van der Waals surface area contributed by atoms with Crippen molar-refractivity contribution >= 4 is 34.9 Å². The van der Waals surface area contributed by atoms with Crippen LogP contribution in [0.15, 0.2) is 60.7 Å². The Morgan fingerprint density at radius 1 is 0.971 bits per heavy atom. The highest BCUT2D eigenvalue weighted by atomic mass is 35.5. The molecule has 3 aromatic rings. The van der Waals surface area contributed by atoms with E-state index in [4.69, 9.17) is 37.4 Å². The Labute approximate surface area is 207 Å². The van der Waals surface area contributed by atoms with Gasteiger partial charge in [-0.05, 0) is 23.8 Å². The molecule has 0 saturated carbocycles. The summed E-state index contributed by atoms with van der Waals surface area (Å²) in [7, 11) is 0. The molecule has 3 aromatic carbocycles. The van der Waals surface area contributed by atoms with Crippen LogP contribution in [-0.4, -0.2) is 24.1 Å². The van der Waals surface area contributed by atoms with Crippen LogP contribution in [0.1, 0.15) is 21.5 Å². The van der Waals surface area contributed by atoms with Crippen LogP contribution in [-0.2, 0) is 22.3 Å². The van der Waals surface area contributed by atoms with E-state index in [1.807, 2.05) is 30.3 Å². The molecule has 0 radical (unpaired) electrons. The summed E-state index contributed by atoms with van der Waals surface area (Å²) in [5.74, 6) is -1.47. The molecular weight excluding hydrogens is 514 g/mol. The largest absolute Gasteiger partial charge is 0.459 e. The lowest BCUT2D eigenvalue weighted by molar-refractivity contribution is -0.385.